The first-order valence-corrected chi connectivity index (χ1v) is 11.3. The van der Waals surface area contributed by atoms with Crippen LogP contribution in [0.15, 0.2) is 29.2 Å². The number of anilines is 1. The van der Waals surface area contributed by atoms with E-state index in [1.807, 2.05) is 19.0 Å². The number of benzene rings is 1. The first-order chi connectivity index (χ1) is 13.9. The van der Waals surface area contributed by atoms with Crippen LogP contribution in [0, 0.1) is 0 Å². The van der Waals surface area contributed by atoms with E-state index in [4.69, 9.17) is 27.9 Å². The maximum Gasteiger partial charge on any atom is 0.297 e. The smallest absolute Gasteiger partial charge is 0.297 e. The summed E-state index contributed by atoms with van der Waals surface area (Å²) in [6, 6.07) is 6.47. The maximum absolute atomic E-state index is 13.0. The number of ether oxygens (including phenoxy) is 5. The van der Waals surface area contributed by atoms with Gasteiger partial charge in [-0.2, -0.15) is 8.42 Å². The van der Waals surface area contributed by atoms with Gasteiger partial charge in [-0.1, -0.05) is 0 Å². The monoisotopic (exact) mass is 443 g/mol. The van der Waals surface area contributed by atoms with E-state index in [-0.39, 0.29) is 11.5 Å². The number of fused-ring (bicyclic) bond motifs is 1. The molecule has 0 aromatic heterocycles. The van der Waals surface area contributed by atoms with Crippen molar-refractivity contribution < 1.29 is 36.3 Å². The summed E-state index contributed by atoms with van der Waals surface area (Å²) in [4.78, 5) is 1.94. The lowest BCUT2D eigenvalue weighted by atomic mass is 10.1. The molecule has 1 aromatic rings. The van der Waals surface area contributed by atoms with E-state index < -0.39 is 52.4 Å². The Morgan fingerprint density at radius 2 is 1.63 bits per heavy atom. The summed E-state index contributed by atoms with van der Waals surface area (Å²) >= 11 is 0. The minimum Gasteiger partial charge on any atom is -0.378 e. The highest BCUT2D eigenvalue weighted by atomic mass is 32.2. The lowest BCUT2D eigenvalue weighted by Crippen LogP contribution is -2.45. The molecule has 0 aliphatic carbocycles. The maximum atomic E-state index is 13.0. The molecule has 3 aliphatic rings. The molecule has 1 aromatic carbocycles. The van der Waals surface area contributed by atoms with Gasteiger partial charge in [0, 0.05) is 19.8 Å². The normalized spacial score (nSPS) is 34.8. The summed E-state index contributed by atoms with van der Waals surface area (Å²) < 4.78 is 61.0. The molecule has 3 fully saturated rings. The molecule has 0 N–H and O–H groups in total. The largest absolute Gasteiger partial charge is 0.378 e. The molecule has 0 bridgehead atoms. The molecule has 30 heavy (non-hydrogen) atoms. The first-order valence-electron chi connectivity index (χ1n) is 9.90. The fourth-order valence-corrected chi connectivity index (χ4v) is 5.00. The summed E-state index contributed by atoms with van der Waals surface area (Å²) in [5.74, 6) is -1.70. The van der Waals surface area contributed by atoms with Crippen LogP contribution in [0.5, 0.6) is 0 Å². The molecule has 10 heteroatoms. The highest BCUT2D eigenvalue weighted by Gasteiger charge is 2.60. The number of hydrogen-bond acceptors (Lipinski definition) is 9. The summed E-state index contributed by atoms with van der Waals surface area (Å²) in [6.07, 6.45) is -3.66. The fraction of sp³-hybridized carbons (Fsp3) is 0.700. The highest BCUT2D eigenvalue weighted by Crippen LogP contribution is 2.42. The van der Waals surface area contributed by atoms with E-state index in [2.05, 4.69) is 0 Å². The minimum absolute atomic E-state index is 0.0531. The molecular weight excluding hydrogens is 414 g/mol. The van der Waals surface area contributed by atoms with Crippen molar-refractivity contribution in [1.82, 2.24) is 0 Å². The van der Waals surface area contributed by atoms with Crippen LogP contribution in [-0.2, 0) is 38.0 Å². The van der Waals surface area contributed by atoms with Gasteiger partial charge >= 0.3 is 0 Å². The van der Waals surface area contributed by atoms with Gasteiger partial charge in [0.15, 0.2) is 17.9 Å². The van der Waals surface area contributed by atoms with Gasteiger partial charge in [-0.25, -0.2) is 0 Å². The lowest BCUT2D eigenvalue weighted by Gasteiger charge is -2.28. The molecule has 3 aliphatic heterocycles. The zero-order valence-electron chi connectivity index (χ0n) is 18.0. The third kappa shape index (κ3) is 4.22. The lowest BCUT2D eigenvalue weighted by molar-refractivity contribution is -0.230. The van der Waals surface area contributed by atoms with Crippen molar-refractivity contribution in [2.24, 2.45) is 0 Å². The van der Waals surface area contributed by atoms with Crippen molar-refractivity contribution in [2.45, 2.75) is 74.9 Å². The molecular formula is C20H29NO8S. The van der Waals surface area contributed by atoms with Crippen molar-refractivity contribution in [1.29, 1.82) is 0 Å². The van der Waals surface area contributed by atoms with Crippen LogP contribution >= 0.6 is 0 Å². The molecule has 5 atom stereocenters. The molecule has 9 nitrogen and oxygen atoms in total. The quantitative estimate of drug-likeness (QED) is 0.632. The standard InChI is InChI=1S/C20H29NO8S/c1-19(2)24-11-14(26-19)15-16(17-18(25-15)28-20(3,4)27-17)29-30(22,23)13-9-7-12(8-10-13)21(5)6/h7-10,14-18H,11H2,1-6H3/t14-,15+,16-,17+,18-/m0/s1. The van der Waals surface area contributed by atoms with Crippen LogP contribution in [-0.4, -0.2) is 71.4 Å². The first kappa shape index (κ1) is 21.9. The van der Waals surface area contributed by atoms with Crippen LogP contribution in [0.4, 0.5) is 5.69 Å². The molecule has 3 heterocycles. The van der Waals surface area contributed by atoms with Gasteiger partial charge in [0.05, 0.1) is 11.5 Å². The Morgan fingerprint density at radius 1 is 0.967 bits per heavy atom. The van der Waals surface area contributed by atoms with E-state index in [1.165, 1.54) is 12.1 Å². The van der Waals surface area contributed by atoms with Crippen LogP contribution < -0.4 is 4.90 Å². The Bertz CT molecular complexity index is 883. The zero-order chi connectivity index (χ0) is 21.9. The van der Waals surface area contributed by atoms with Gasteiger partial charge in [0.25, 0.3) is 10.1 Å². The van der Waals surface area contributed by atoms with E-state index in [1.54, 1.807) is 39.8 Å². The summed E-state index contributed by atoms with van der Waals surface area (Å²) in [5, 5.41) is 0. The molecule has 0 amide bonds. The Kier molecular flexibility index (Phi) is 5.42. The second-order valence-electron chi connectivity index (χ2n) is 8.84. The predicted molar refractivity (Wildman–Crippen MR) is 106 cm³/mol. The Labute approximate surface area is 177 Å². The van der Waals surface area contributed by atoms with Gasteiger partial charge in [0.2, 0.25) is 0 Å². The molecule has 0 unspecified atom stereocenters. The van der Waals surface area contributed by atoms with E-state index >= 15 is 0 Å². The van der Waals surface area contributed by atoms with Gasteiger partial charge in [-0.3, -0.25) is 4.18 Å². The zero-order valence-corrected chi connectivity index (χ0v) is 18.8. The highest BCUT2D eigenvalue weighted by molar-refractivity contribution is 7.86. The number of hydrogen-bond donors (Lipinski definition) is 0. The molecule has 3 saturated heterocycles. The van der Waals surface area contributed by atoms with Crippen LogP contribution in [0.2, 0.25) is 0 Å². The third-order valence-corrected chi connectivity index (χ3v) is 6.63. The topological polar surface area (TPSA) is 92.8 Å². The van der Waals surface area contributed by atoms with Crippen molar-refractivity contribution in [3.8, 4) is 0 Å². The summed E-state index contributed by atoms with van der Waals surface area (Å²) in [7, 11) is -0.324. The van der Waals surface area contributed by atoms with Crippen molar-refractivity contribution in [2.75, 3.05) is 25.6 Å². The van der Waals surface area contributed by atoms with Gasteiger partial charge in [-0.15, -0.1) is 0 Å². The van der Waals surface area contributed by atoms with Gasteiger partial charge in [0.1, 0.15) is 24.4 Å². The molecule has 0 radical (unpaired) electrons. The second kappa shape index (κ2) is 7.40. The average molecular weight is 444 g/mol. The Hall–Kier alpha value is -1.27. The van der Waals surface area contributed by atoms with E-state index in [0.29, 0.717) is 0 Å². The SMILES string of the molecule is CN(C)c1ccc(S(=O)(=O)O[C@@H]2[C@H]3OC(C)(C)O[C@@H]3O[C@@H]2[C@@H]2COC(C)(C)O2)cc1. The minimum atomic E-state index is -4.08. The van der Waals surface area contributed by atoms with Crippen molar-refractivity contribution in [3.05, 3.63) is 24.3 Å². The second-order valence-corrected chi connectivity index (χ2v) is 10.4. The van der Waals surface area contributed by atoms with Crippen LogP contribution in [0.25, 0.3) is 0 Å². The van der Waals surface area contributed by atoms with E-state index in [0.717, 1.165) is 5.69 Å². The van der Waals surface area contributed by atoms with Gasteiger partial charge < -0.3 is 28.6 Å². The molecule has 168 valence electrons. The molecule has 4 rings (SSSR count). The molecule has 0 spiro atoms. The average Bonchev–Trinajstić information content (AvgIpc) is 3.25. The van der Waals surface area contributed by atoms with Crippen LogP contribution in [0.3, 0.4) is 0 Å². The predicted octanol–water partition coefficient (Wildman–Crippen LogP) is 1.85. The summed E-state index contributed by atoms with van der Waals surface area (Å²) in [6.45, 7) is 7.31. The molecule has 0 saturated carbocycles. The third-order valence-electron chi connectivity index (χ3n) is 5.30. The van der Waals surface area contributed by atoms with Crippen molar-refractivity contribution >= 4 is 15.8 Å². The number of nitrogens with zero attached hydrogens (tertiary/aromatic N) is 1. The number of rotatable bonds is 5. The Balaban J connectivity index is 1.59. The van der Waals surface area contributed by atoms with Gasteiger partial charge in [-0.05, 0) is 52.0 Å². The van der Waals surface area contributed by atoms with Crippen LogP contribution in [0.1, 0.15) is 27.7 Å². The fourth-order valence-electron chi connectivity index (χ4n) is 3.90. The van der Waals surface area contributed by atoms with Crippen molar-refractivity contribution in [3.63, 3.8) is 0 Å². The Morgan fingerprint density at radius 3 is 2.20 bits per heavy atom. The summed E-state index contributed by atoms with van der Waals surface area (Å²) in [5.41, 5.74) is 0.879. The van der Waals surface area contributed by atoms with E-state index in [9.17, 15) is 8.42 Å².